The maximum atomic E-state index is 12.3. The zero-order chi connectivity index (χ0) is 14.7. The molecule has 1 saturated heterocycles. The van der Waals surface area contributed by atoms with Crippen LogP contribution in [0.3, 0.4) is 0 Å². The molecule has 1 atom stereocenters. The SMILES string of the molecule is Cl.NCC1CCN(C(=O)Cc2cnn(-c3ccccc3)c2)C1. The third kappa shape index (κ3) is 3.67. The van der Waals surface area contributed by atoms with Crippen molar-refractivity contribution in [2.24, 2.45) is 11.7 Å². The van der Waals surface area contributed by atoms with Crippen molar-refractivity contribution in [3.8, 4) is 5.69 Å². The Morgan fingerprint density at radius 1 is 1.32 bits per heavy atom. The maximum Gasteiger partial charge on any atom is 0.227 e. The number of hydrogen-bond donors (Lipinski definition) is 1. The highest BCUT2D eigenvalue weighted by atomic mass is 35.5. The molecule has 1 unspecified atom stereocenters. The summed E-state index contributed by atoms with van der Waals surface area (Å²) in [7, 11) is 0. The van der Waals surface area contributed by atoms with Crippen LogP contribution in [0, 0.1) is 5.92 Å². The van der Waals surface area contributed by atoms with Gasteiger partial charge in [-0.1, -0.05) is 18.2 Å². The van der Waals surface area contributed by atoms with Gasteiger partial charge in [-0.25, -0.2) is 4.68 Å². The molecule has 1 fully saturated rings. The van der Waals surface area contributed by atoms with Gasteiger partial charge in [-0.2, -0.15) is 5.10 Å². The van der Waals surface area contributed by atoms with Gasteiger partial charge in [-0.05, 0) is 36.6 Å². The van der Waals surface area contributed by atoms with Crippen molar-refractivity contribution >= 4 is 18.3 Å². The molecule has 22 heavy (non-hydrogen) atoms. The molecule has 2 heterocycles. The summed E-state index contributed by atoms with van der Waals surface area (Å²) in [5.41, 5.74) is 7.61. The van der Waals surface area contributed by atoms with Gasteiger partial charge in [0, 0.05) is 19.3 Å². The summed E-state index contributed by atoms with van der Waals surface area (Å²) in [6.07, 6.45) is 5.11. The second-order valence-corrected chi connectivity index (χ2v) is 5.54. The van der Waals surface area contributed by atoms with E-state index >= 15 is 0 Å². The molecule has 1 aromatic carbocycles. The molecule has 0 radical (unpaired) electrons. The van der Waals surface area contributed by atoms with Gasteiger partial charge in [-0.3, -0.25) is 4.79 Å². The Kier molecular flexibility index (Phi) is 5.57. The van der Waals surface area contributed by atoms with Crippen molar-refractivity contribution in [1.82, 2.24) is 14.7 Å². The van der Waals surface area contributed by atoms with Gasteiger partial charge in [-0.15, -0.1) is 12.4 Å². The molecule has 6 heteroatoms. The third-order valence-electron chi connectivity index (χ3n) is 3.98. The van der Waals surface area contributed by atoms with E-state index in [1.165, 1.54) is 0 Å². The van der Waals surface area contributed by atoms with E-state index in [1.54, 1.807) is 10.9 Å². The van der Waals surface area contributed by atoms with Gasteiger partial charge in [0.05, 0.1) is 18.3 Å². The van der Waals surface area contributed by atoms with Crippen LogP contribution in [0.1, 0.15) is 12.0 Å². The smallest absolute Gasteiger partial charge is 0.227 e. The summed E-state index contributed by atoms with van der Waals surface area (Å²) >= 11 is 0. The topological polar surface area (TPSA) is 64.2 Å². The fourth-order valence-electron chi connectivity index (χ4n) is 2.71. The predicted octanol–water partition coefficient (Wildman–Crippen LogP) is 1.64. The van der Waals surface area contributed by atoms with E-state index in [0.29, 0.717) is 18.9 Å². The maximum absolute atomic E-state index is 12.3. The summed E-state index contributed by atoms with van der Waals surface area (Å²) in [6.45, 7) is 2.28. The van der Waals surface area contributed by atoms with Crippen molar-refractivity contribution in [1.29, 1.82) is 0 Å². The molecule has 1 aliphatic rings. The standard InChI is InChI=1S/C16H20N4O.ClH/c17-9-13-6-7-19(11-13)16(21)8-14-10-18-20(12-14)15-4-2-1-3-5-15;/h1-5,10,12-13H,6-9,11,17H2;1H. The van der Waals surface area contributed by atoms with E-state index < -0.39 is 0 Å². The zero-order valence-electron chi connectivity index (χ0n) is 12.4. The van der Waals surface area contributed by atoms with Crippen LogP contribution in [0.25, 0.3) is 5.69 Å². The molecule has 0 aliphatic carbocycles. The van der Waals surface area contributed by atoms with Gasteiger partial charge in [0.25, 0.3) is 0 Å². The minimum atomic E-state index is 0. The largest absolute Gasteiger partial charge is 0.342 e. The van der Waals surface area contributed by atoms with Crippen molar-refractivity contribution in [2.75, 3.05) is 19.6 Å². The van der Waals surface area contributed by atoms with E-state index in [2.05, 4.69) is 5.10 Å². The average Bonchev–Trinajstić information content (AvgIpc) is 3.17. The van der Waals surface area contributed by atoms with Gasteiger partial charge in [0.2, 0.25) is 5.91 Å². The van der Waals surface area contributed by atoms with Gasteiger partial charge in [0.15, 0.2) is 0 Å². The Morgan fingerprint density at radius 3 is 2.77 bits per heavy atom. The van der Waals surface area contributed by atoms with Gasteiger partial charge < -0.3 is 10.6 Å². The Hall–Kier alpha value is -1.85. The fourth-order valence-corrected chi connectivity index (χ4v) is 2.71. The van der Waals surface area contributed by atoms with Crippen LogP contribution in [0.2, 0.25) is 0 Å². The highest BCUT2D eigenvalue weighted by Gasteiger charge is 2.25. The number of hydrogen-bond acceptors (Lipinski definition) is 3. The Labute approximate surface area is 136 Å². The molecule has 2 N–H and O–H groups in total. The summed E-state index contributed by atoms with van der Waals surface area (Å²) < 4.78 is 1.80. The number of nitrogens with zero attached hydrogens (tertiary/aromatic N) is 3. The molecule has 5 nitrogen and oxygen atoms in total. The number of nitrogens with two attached hydrogens (primary N) is 1. The van der Waals surface area contributed by atoms with Crippen molar-refractivity contribution in [3.05, 3.63) is 48.3 Å². The first-order valence-corrected chi connectivity index (χ1v) is 7.33. The van der Waals surface area contributed by atoms with Crippen LogP contribution >= 0.6 is 12.4 Å². The molecular weight excluding hydrogens is 300 g/mol. The number of benzene rings is 1. The summed E-state index contributed by atoms with van der Waals surface area (Å²) in [4.78, 5) is 14.2. The first-order chi connectivity index (χ1) is 10.3. The van der Waals surface area contributed by atoms with Crippen molar-refractivity contribution in [3.63, 3.8) is 0 Å². The molecule has 0 saturated carbocycles. The van der Waals surface area contributed by atoms with Crippen LogP contribution in [0.4, 0.5) is 0 Å². The number of rotatable bonds is 4. The summed E-state index contributed by atoms with van der Waals surface area (Å²) in [6, 6.07) is 9.90. The molecule has 118 valence electrons. The van der Waals surface area contributed by atoms with Crippen molar-refractivity contribution < 1.29 is 4.79 Å². The van der Waals surface area contributed by atoms with E-state index in [-0.39, 0.29) is 18.3 Å². The number of carbonyl (C=O) groups excluding carboxylic acids is 1. The molecule has 1 amide bonds. The summed E-state index contributed by atoms with van der Waals surface area (Å²) in [5.74, 6) is 0.625. The number of likely N-dealkylation sites (tertiary alicyclic amines) is 1. The number of aromatic nitrogens is 2. The Morgan fingerprint density at radius 2 is 2.09 bits per heavy atom. The van der Waals surface area contributed by atoms with E-state index in [4.69, 9.17) is 5.73 Å². The minimum Gasteiger partial charge on any atom is -0.342 e. The van der Waals surface area contributed by atoms with Crippen LogP contribution in [0.5, 0.6) is 0 Å². The third-order valence-corrected chi connectivity index (χ3v) is 3.98. The van der Waals surface area contributed by atoms with Crippen LogP contribution in [-0.2, 0) is 11.2 Å². The second-order valence-electron chi connectivity index (χ2n) is 5.54. The first-order valence-electron chi connectivity index (χ1n) is 7.33. The molecule has 0 spiro atoms. The van der Waals surface area contributed by atoms with Gasteiger partial charge in [0.1, 0.15) is 0 Å². The van der Waals surface area contributed by atoms with E-state index in [1.807, 2.05) is 41.4 Å². The van der Waals surface area contributed by atoms with Crippen LogP contribution < -0.4 is 5.73 Å². The first kappa shape index (κ1) is 16.5. The van der Waals surface area contributed by atoms with E-state index in [0.717, 1.165) is 30.8 Å². The monoisotopic (exact) mass is 320 g/mol. The van der Waals surface area contributed by atoms with E-state index in [9.17, 15) is 4.79 Å². The predicted molar refractivity (Wildman–Crippen MR) is 88.3 cm³/mol. The lowest BCUT2D eigenvalue weighted by Gasteiger charge is -2.15. The average molecular weight is 321 g/mol. The van der Waals surface area contributed by atoms with Gasteiger partial charge >= 0.3 is 0 Å². The number of para-hydroxylation sites is 1. The Balaban J connectivity index is 0.00000176. The molecule has 1 aromatic heterocycles. The summed E-state index contributed by atoms with van der Waals surface area (Å²) in [5, 5.41) is 4.32. The minimum absolute atomic E-state index is 0. The van der Waals surface area contributed by atoms with Crippen LogP contribution in [-0.4, -0.2) is 40.2 Å². The molecule has 2 aromatic rings. The number of halogens is 1. The van der Waals surface area contributed by atoms with Crippen molar-refractivity contribution in [2.45, 2.75) is 12.8 Å². The quantitative estimate of drug-likeness (QED) is 0.931. The highest BCUT2D eigenvalue weighted by molar-refractivity contribution is 5.85. The number of amides is 1. The van der Waals surface area contributed by atoms with Crippen LogP contribution in [0.15, 0.2) is 42.7 Å². The molecule has 3 rings (SSSR count). The lowest BCUT2D eigenvalue weighted by molar-refractivity contribution is -0.129. The normalized spacial score (nSPS) is 17.3. The lowest BCUT2D eigenvalue weighted by Crippen LogP contribution is -2.31. The molecular formula is C16H21ClN4O. The lowest BCUT2D eigenvalue weighted by atomic mass is 10.1. The fraction of sp³-hybridized carbons (Fsp3) is 0.375. The highest BCUT2D eigenvalue weighted by Crippen LogP contribution is 2.16. The zero-order valence-corrected chi connectivity index (χ0v) is 13.2. The second kappa shape index (κ2) is 7.42. The number of carbonyl (C=O) groups is 1. The molecule has 1 aliphatic heterocycles. The Bertz CT molecular complexity index is 614. The molecule has 0 bridgehead atoms.